The first kappa shape index (κ1) is 28.6. The van der Waals surface area contributed by atoms with Crippen LogP contribution >= 0.6 is 0 Å². The van der Waals surface area contributed by atoms with Gasteiger partial charge in [0.05, 0.1) is 0 Å². The lowest BCUT2D eigenvalue weighted by Crippen LogP contribution is -2.44. The number of benzene rings is 1. The van der Waals surface area contributed by atoms with Gasteiger partial charge in [-0.1, -0.05) is 31.1 Å². The van der Waals surface area contributed by atoms with Gasteiger partial charge >= 0.3 is 0 Å². The molecule has 0 saturated heterocycles. The van der Waals surface area contributed by atoms with Gasteiger partial charge in [0.25, 0.3) is 11.8 Å². The summed E-state index contributed by atoms with van der Waals surface area (Å²) >= 11 is 0. The maximum atomic E-state index is 12.4. The van der Waals surface area contributed by atoms with Crippen LogP contribution in [0.4, 0.5) is 0 Å². The maximum Gasteiger partial charge on any atom is 0.265 e. The van der Waals surface area contributed by atoms with Crippen LogP contribution in [0.3, 0.4) is 0 Å². The highest BCUT2D eigenvalue weighted by molar-refractivity contribution is 6.26. The number of carbonyl (C=O) groups excluding carboxylic acids is 4. The van der Waals surface area contributed by atoms with E-state index < -0.39 is 11.9 Å². The minimum atomic E-state index is -0.706. The molecule has 1 aromatic rings. The van der Waals surface area contributed by atoms with Gasteiger partial charge in [-0.2, -0.15) is 0 Å². The van der Waals surface area contributed by atoms with Gasteiger partial charge in [0.1, 0.15) is 18.9 Å². The van der Waals surface area contributed by atoms with E-state index in [0.29, 0.717) is 50.3 Å². The Kier molecular flexibility index (Phi) is 13.6. The summed E-state index contributed by atoms with van der Waals surface area (Å²) in [5.41, 5.74) is 6.61. The van der Waals surface area contributed by atoms with Crippen LogP contribution in [0.1, 0.15) is 68.8 Å². The Hall–Kier alpha value is -3.43. The van der Waals surface area contributed by atoms with Crippen molar-refractivity contribution in [3.05, 3.63) is 35.4 Å². The summed E-state index contributed by atoms with van der Waals surface area (Å²) in [7, 11) is 0. The number of amides is 4. The van der Waals surface area contributed by atoms with E-state index in [2.05, 4.69) is 21.1 Å². The molecule has 0 aliphatic rings. The normalized spacial score (nSPS) is 11.8. The molecule has 1 aromatic carbocycles. The van der Waals surface area contributed by atoms with E-state index >= 15 is 0 Å². The molecule has 0 aromatic heterocycles. The van der Waals surface area contributed by atoms with Crippen LogP contribution in [0.5, 0.6) is 0 Å². The Morgan fingerprint density at radius 2 is 1.88 bits per heavy atom. The van der Waals surface area contributed by atoms with E-state index in [4.69, 9.17) is 10.6 Å². The van der Waals surface area contributed by atoms with Crippen molar-refractivity contribution in [2.24, 2.45) is 16.8 Å². The van der Waals surface area contributed by atoms with Crippen LogP contribution in [-0.2, 0) is 25.8 Å². The number of rotatable bonds is 16. The van der Waals surface area contributed by atoms with Crippen molar-refractivity contribution in [2.75, 3.05) is 13.1 Å². The first-order valence-corrected chi connectivity index (χ1v) is 11.6. The first-order valence-electron chi connectivity index (χ1n) is 11.6. The smallest absolute Gasteiger partial charge is 0.265 e. The Bertz CT molecular complexity index is 841. The van der Waals surface area contributed by atoms with Crippen LogP contribution in [0, 0.1) is 5.92 Å². The van der Waals surface area contributed by atoms with Gasteiger partial charge in [-0.15, -0.1) is 0 Å². The molecule has 34 heavy (non-hydrogen) atoms. The Balaban J connectivity index is 2.37. The number of primary amides is 1. The molecule has 0 aliphatic carbocycles. The topological polar surface area (TPSA) is 152 Å². The number of hydrogen-bond donors (Lipinski definition) is 4. The first-order chi connectivity index (χ1) is 16.2. The van der Waals surface area contributed by atoms with Gasteiger partial charge < -0.3 is 26.5 Å². The highest BCUT2D eigenvalue weighted by Gasteiger charge is 2.17. The molecule has 0 heterocycles. The summed E-state index contributed by atoms with van der Waals surface area (Å²) in [6, 6.07) is 6.19. The summed E-state index contributed by atoms with van der Waals surface area (Å²) < 4.78 is 0. The molecule has 0 radical (unpaired) electrons. The lowest BCUT2D eigenvalue weighted by molar-refractivity contribution is -0.127. The number of oxime groups is 1. The van der Waals surface area contributed by atoms with E-state index in [9.17, 15) is 19.2 Å². The third-order valence-corrected chi connectivity index (χ3v) is 4.85. The Morgan fingerprint density at radius 1 is 1.12 bits per heavy atom. The fourth-order valence-electron chi connectivity index (χ4n) is 2.97. The molecule has 0 aliphatic heterocycles. The number of nitrogens with one attached hydrogen (secondary N) is 3. The second-order valence-corrected chi connectivity index (χ2v) is 8.31. The van der Waals surface area contributed by atoms with Gasteiger partial charge in [-0.3, -0.25) is 19.2 Å². The molecule has 1 rings (SSSR count). The van der Waals surface area contributed by atoms with Crippen LogP contribution in [0.25, 0.3) is 0 Å². The minimum absolute atomic E-state index is 0.119. The lowest BCUT2D eigenvalue weighted by Gasteiger charge is -2.16. The summed E-state index contributed by atoms with van der Waals surface area (Å²) in [5, 5.41) is 11.7. The lowest BCUT2D eigenvalue weighted by atomic mass is 10.1. The average Bonchev–Trinajstić information content (AvgIpc) is 2.79. The van der Waals surface area contributed by atoms with Crippen molar-refractivity contribution < 1.29 is 24.0 Å². The molecule has 10 heteroatoms. The second kappa shape index (κ2) is 16.2. The summed E-state index contributed by atoms with van der Waals surface area (Å²) in [5.74, 6) is -0.907. The molecule has 10 nitrogen and oxygen atoms in total. The van der Waals surface area contributed by atoms with Crippen LogP contribution < -0.4 is 21.7 Å². The SMILES string of the molecule is CCNC(=O)C=NOCc1cccc(C(=O)NCCCC[C@H](NC(=O)CCC(C)C)C(N)=O)c1. The molecule has 4 amide bonds. The van der Waals surface area contributed by atoms with Crippen LogP contribution in [-0.4, -0.2) is 49.0 Å². The van der Waals surface area contributed by atoms with E-state index in [1.807, 2.05) is 13.8 Å². The molecule has 0 saturated carbocycles. The second-order valence-electron chi connectivity index (χ2n) is 8.31. The third-order valence-electron chi connectivity index (χ3n) is 4.85. The van der Waals surface area contributed by atoms with Crippen molar-refractivity contribution >= 4 is 29.8 Å². The molecule has 5 N–H and O–H groups in total. The fourth-order valence-corrected chi connectivity index (χ4v) is 2.97. The highest BCUT2D eigenvalue weighted by Crippen LogP contribution is 2.08. The molecule has 0 fully saturated rings. The van der Waals surface area contributed by atoms with E-state index in [1.54, 1.807) is 31.2 Å². The summed E-state index contributed by atoms with van der Waals surface area (Å²) in [6.07, 6.45) is 3.84. The third kappa shape index (κ3) is 12.6. The minimum Gasteiger partial charge on any atom is -0.391 e. The quantitative estimate of drug-likeness (QED) is 0.163. The molecule has 0 unspecified atom stereocenters. The predicted molar refractivity (Wildman–Crippen MR) is 130 cm³/mol. The monoisotopic (exact) mass is 475 g/mol. The number of hydrogen-bond acceptors (Lipinski definition) is 6. The average molecular weight is 476 g/mol. The molecule has 1 atom stereocenters. The van der Waals surface area contributed by atoms with Crippen molar-refractivity contribution in [1.29, 1.82) is 0 Å². The van der Waals surface area contributed by atoms with Crippen molar-refractivity contribution in [1.82, 2.24) is 16.0 Å². The standard InChI is InChI=1S/C24H37N5O5/c1-4-26-22(31)15-28-34-16-18-8-7-9-19(14-18)24(33)27-13-6-5-10-20(23(25)32)29-21(30)12-11-17(2)3/h7-9,14-15,17,20H,4-6,10-13,16H2,1-3H3,(H2,25,32)(H,26,31)(H,27,33)(H,29,30)/t20-/m0/s1. The van der Waals surface area contributed by atoms with E-state index in [1.165, 1.54) is 0 Å². The van der Waals surface area contributed by atoms with Gasteiger partial charge in [-0.25, -0.2) is 0 Å². The van der Waals surface area contributed by atoms with Crippen molar-refractivity contribution in [3.63, 3.8) is 0 Å². The summed E-state index contributed by atoms with van der Waals surface area (Å²) in [6.45, 7) is 6.90. The largest absolute Gasteiger partial charge is 0.391 e. The Morgan fingerprint density at radius 3 is 2.56 bits per heavy atom. The van der Waals surface area contributed by atoms with Crippen molar-refractivity contribution in [2.45, 2.75) is 65.5 Å². The fraction of sp³-hybridized carbons (Fsp3) is 0.542. The molecular formula is C24H37N5O5. The molecule has 0 spiro atoms. The number of carbonyl (C=O) groups is 4. The number of unbranched alkanes of at least 4 members (excludes halogenated alkanes) is 1. The van der Waals surface area contributed by atoms with Gasteiger partial charge in [0, 0.05) is 25.1 Å². The summed E-state index contributed by atoms with van der Waals surface area (Å²) in [4.78, 5) is 52.3. The molecular weight excluding hydrogens is 438 g/mol. The van der Waals surface area contributed by atoms with Crippen LogP contribution in [0.2, 0.25) is 0 Å². The van der Waals surface area contributed by atoms with Crippen LogP contribution in [0.15, 0.2) is 29.4 Å². The zero-order valence-corrected chi connectivity index (χ0v) is 20.3. The van der Waals surface area contributed by atoms with Crippen molar-refractivity contribution in [3.8, 4) is 0 Å². The maximum absolute atomic E-state index is 12.4. The van der Waals surface area contributed by atoms with Gasteiger partial charge in [-0.05, 0) is 56.2 Å². The van der Waals surface area contributed by atoms with E-state index in [0.717, 1.165) is 18.2 Å². The molecule has 188 valence electrons. The zero-order valence-electron chi connectivity index (χ0n) is 20.3. The zero-order chi connectivity index (χ0) is 25.3. The van der Waals surface area contributed by atoms with Gasteiger partial charge in [0.15, 0.2) is 0 Å². The molecule has 0 bridgehead atoms. The van der Waals surface area contributed by atoms with E-state index in [-0.39, 0.29) is 24.3 Å². The Labute approximate surface area is 201 Å². The van der Waals surface area contributed by atoms with Gasteiger partial charge in [0.2, 0.25) is 11.8 Å². The number of nitrogens with two attached hydrogens (primary N) is 1. The number of nitrogens with zero attached hydrogens (tertiary/aromatic N) is 1. The predicted octanol–water partition coefficient (Wildman–Crippen LogP) is 1.63. The highest BCUT2D eigenvalue weighted by atomic mass is 16.6.